The van der Waals surface area contributed by atoms with Crippen LogP contribution in [0.4, 0.5) is 4.79 Å². The van der Waals surface area contributed by atoms with Gasteiger partial charge in [0.25, 0.3) is 0 Å². The highest BCUT2D eigenvalue weighted by atomic mass is 16.7. The average molecular weight is 492 g/mol. The lowest BCUT2D eigenvalue weighted by Crippen LogP contribution is -2.26. The van der Waals surface area contributed by atoms with Crippen molar-refractivity contribution in [2.75, 3.05) is 19.8 Å². The van der Waals surface area contributed by atoms with Gasteiger partial charge >= 0.3 is 12.1 Å². The summed E-state index contributed by atoms with van der Waals surface area (Å²) in [6, 6.07) is 3.83. The number of nitrogens with zero attached hydrogens (tertiary/aromatic N) is 2. The molecular weight excluding hydrogens is 466 g/mol. The molecule has 0 amide bonds. The normalized spacial score (nSPS) is 16.7. The highest BCUT2D eigenvalue weighted by Crippen LogP contribution is 2.24. The van der Waals surface area contributed by atoms with Crippen molar-refractivity contribution in [1.82, 2.24) is 9.97 Å². The Bertz CT molecular complexity index is 1350. The number of aromatic nitrogens is 2. The molecule has 0 spiro atoms. The molecule has 2 aliphatic rings. The lowest BCUT2D eigenvalue weighted by atomic mass is 10.1. The van der Waals surface area contributed by atoms with Crippen LogP contribution in [0.1, 0.15) is 26.3 Å². The summed E-state index contributed by atoms with van der Waals surface area (Å²) in [5.74, 6) is -1.36. The fourth-order valence-corrected chi connectivity index (χ4v) is 3.41. The first-order chi connectivity index (χ1) is 17.2. The summed E-state index contributed by atoms with van der Waals surface area (Å²) in [5.41, 5.74) is 1.94. The SMILES string of the molecule is CC(C)(C)OC(=O)OCCOC(=O)C1=C(C2=NC=CC(=Cc3c[nH]c4ncccc34)C=C2)OCC1=O. The van der Waals surface area contributed by atoms with Gasteiger partial charge in [0.2, 0.25) is 5.78 Å². The molecule has 1 N–H and O–H groups in total. The van der Waals surface area contributed by atoms with E-state index in [4.69, 9.17) is 18.9 Å². The van der Waals surface area contributed by atoms with Crippen molar-refractivity contribution in [1.29, 1.82) is 0 Å². The van der Waals surface area contributed by atoms with E-state index in [0.717, 1.165) is 22.2 Å². The lowest BCUT2D eigenvalue weighted by molar-refractivity contribution is -0.141. The molecule has 0 unspecified atom stereocenters. The minimum absolute atomic E-state index is 0.0384. The molecule has 0 radical (unpaired) electrons. The van der Waals surface area contributed by atoms with E-state index in [9.17, 15) is 14.4 Å². The fraction of sp³-hybridized carbons (Fsp3) is 0.269. The van der Waals surface area contributed by atoms with Crippen LogP contribution in [0.5, 0.6) is 0 Å². The summed E-state index contributed by atoms with van der Waals surface area (Å²) in [6.45, 7) is 4.33. The lowest BCUT2D eigenvalue weighted by Gasteiger charge is -2.18. The number of pyridine rings is 1. The van der Waals surface area contributed by atoms with Gasteiger partial charge in [-0.05, 0) is 56.7 Å². The number of aliphatic imine (C=N–C) groups is 1. The molecule has 4 heterocycles. The van der Waals surface area contributed by atoms with Gasteiger partial charge in [0.05, 0.1) is 0 Å². The number of carbonyl (C=O) groups excluding carboxylic acids is 3. The molecular formula is C26H25N3O7. The maximum absolute atomic E-state index is 12.6. The summed E-state index contributed by atoms with van der Waals surface area (Å²) < 4.78 is 20.5. The average Bonchev–Trinajstić information content (AvgIpc) is 3.32. The Labute approximate surface area is 207 Å². The first kappa shape index (κ1) is 24.6. The minimum Gasteiger partial charge on any atom is -0.482 e. The Morgan fingerprint density at radius 2 is 1.97 bits per heavy atom. The van der Waals surface area contributed by atoms with E-state index in [2.05, 4.69) is 15.0 Å². The van der Waals surface area contributed by atoms with Crippen LogP contribution >= 0.6 is 0 Å². The Balaban J connectivity index is 1.43. The summed E-state index contributed by atoms with van der Waals surface area (Å²) >= 11 is 0. The molecule has 0 saturated carbocycles. The van der Waals surface area contributed by atoms with Crippen LogP contribution in [0.15, 0.2) is 70.9 Å². The molecule has 36 heavy (non-hydrogen) atoms. The van der Waals surface area contributed by atoms with Crippen molar-refractivity contribution in [3.63, 3.8) is 0 Å². The minimum atomic E-state index is -0.883. The molecule has 186 valence electrons. The number of aromatic amines is 1. The molecule has 0 bridgehead atoms. The molecule has 0 atom stereocenters. The van der Waals surface area contributed by atoms with Crippen LogP contribution in [-0.4, -0.2) is 59.0 Å². The quantitative estimate of drug-likeness (QED) is 0.367. The molecule has 0 saturated heterocycles. The second kappa shape index (κ2) is 10.4. The van der Waals surface area contributed by atoms with Crippen LogP contribution in [0.3, 0.4) is 0 Å². The molecule has 0 fully saturated rings. The number of allylic oxidation sites excluding steroid dienone is 4. The van der Waals surface area contributed by atoms with E-state index < -0.39 is 23.5 Å². The number of Topliss-reactive ketones (excluding diaryl/α,β-unsaturated/α-hetero) is 1. The molecule has 10 nitrogen and oxygen atoms in total. The number of esters is 1. The van der Waals surface area contributed by atoms with E-state index in [1.54, 1.807) is 51.4 Å². The van der Waals surface area contributed by atoms with Crippen LogP contribution in [0, 0.1) is 0 Å². The largest absolute Gasteiger partial charge is 0.508 e. The van der Waals surface area contributed by atoms with E-state index in [0.29, 0.717) is 5.71 Å². The van der Waals surface area contributed by atoms with Crippen LogP contribution in [0.2, 0.25) is 0 Å². The molecule has 0 aromatic carbocycles. The third-order valence-electron chi connectivity index (χ3n) is 4.94. The Morgan fingerprint density at radius 1 is 1.17 bits per heavy atom. The highest BCUT2D eigenvalue weighted by Gasteiger charge is 2.34. The summed E-state index contributed by atoms with van der Waals surface area (Å²) in [4.78, 5) is 48.3. The van der Waals surface area contributed by atoms with Gasteiger partial charge in [0.15, 0.2) is 17.9 Å². The van der Waals surface area contributed by atoms with E-state index in [1.807, 2.05) is 24.4 Å². The van der Waals surface area contributed by atoms with Gasteiger partial charge in [0.1, 0.15) is 30.2 Å². The fourth-order valence-electron chi connectivity index (χ4n) is 3.41. The number of fused-ring (bicyclic) bond motifs is 1. The zero-order chi connectivity index (χ0) is 25.7. The number of hydrogen-bond acceptors (Lipinski definition) is 9. The molecule has 2 aliphatic heterocycles. The van der Waals surface area contributed by atoms with Gasteiger partial charge in [0, 0.05) is 29.5 Å². The van der Waals surface area contributed by atoms with Gasteiger partial charge in [-0.1, -0.05) is 6.08 Å². The zero-order valence-electron chi connectivity index (χ0n) is 20.1. The third kappa shape index (κ3) is 5.96. The third-order valence-corrected chi connectivity index (χ3v) is 4.94. The molecule has 2 aromatic heterocycles. The number of rotatable bonds is 6. The van der Waals surface area contributed by atoms with Crippen molar-refractivity contribution in [3.05, 3.63) is 71.4 Å². The van der Waals surface area contributed by atoms with Crippen molar-refractivity contribution >= 4 is 40.7 Å². The predicted octanol–water partition coefficient (Wildman–Crippen LogP) is 3.82. The van der Waals surface area contributed by atoms with Gasteiger partial charge in [-0.2, -0.15) is 0 Å². The monoisotopic (exact) mass is 491 g/mol. The first-order valence-corrected chi connectivity index (χ1v) is 11.2. The summed E-state index contributed by atoms with van der Waals surface area (Å²) in [5, 5.41) is 0.977. The van der Waals surface area contributed by atoms with Crippen LogP contribution < -0.4 is 0 Å². The molecule has 0 aliphatic carbocycles. The maximum Gasteiger partial charge on any atom is 0.508 e. The predicted molar refractivity (Wildman–Crippen MR) is 131 cm³/mol. The van der Waals surface area contributed by atoms with Crippen LogP contribution in [0.25, 0.3) is 17.1 Å². The Morgan fingerprint density at radius 3 is 2.78 bits per heavy atom. The topological polar surface area (TPSA) is 129 Å². The zero-order valence-corrected chi connectivity index (χ0v) is 20.1. The van der Waals surface area contributed by atoms with Crippen molar-refractivity contribution < 1.29 is 33.3 Å². The smallest absolute Gasteiger partial charge is 0.482 e. The van der Waals surface area contributed by atoms with Crippen molar-refractivity contribution in [2.24, 2.45) is 4.99 Å². The van der Waals surface area contributed by atoms with Crippen molar-refractivity contribution in [2.45, 2.75) is 26.4 Å². The second-order valence-electron chi connectivity index (χ2n) is 8.82. The number of ketones is 1. The van der Waals surface area contributed by atoms with Crippen molar-refractivity contribution in [3.8, 4) is 0 Å². The number of carbonyl (C=O) groups is 3. The standard InChI is InChI=1S/C26H25N3O7/c1-26(2,3)36-25(32)34-12-11-33-24(31)21-20(30)15-35-22(21)19-7-6-16(8-10-27-19)13-17-14-29-23-18(17)5-4-9-28-23/h4-10,13-14H,11-12,15H2,1-3H3,(H,28,29). The number of ether oxygens (including phenoxy) is 4. The second-order valence-corrected chi connectivity index (χ2v) is 8.82. The van der Waals surface area contributed by atoms with Gasteiger partial charge in [-0.15, -0.1) is 0 Å². The summed E-state index contributed by atoms with van der Waals surface area (Å²) in [6.07, 6.45) is 11.5. The number of hydrogen-bond donors (Lipinski definition) is 1. The van der Waals surface area contributed by atoms with E-state index >= 15 is 0 Å². The van der Waals surface area contributed by atoms with Gasteiger partial charge < -0.3 is 23.9 Å². The van der Waals surface area contributed by atoms with Gasteiger partial charge in [-0.3, -0.25) is 9.79 Å². The van der Waals surface area contributed by atoms with Gasteiger partial charge in [-0.25, -0.2) is 14.6 Å². The number of H-pyrrole nitrogens is 1. The van der Waals surface area contributed by atoms with E-state index in [-0.39, 0.29) is 31.2 Å². The number of nitrogens with one attached hydrogen (secondary N) is 1. The van der Waals surface area contributed by atoms with Crippen LogP contribution in [-0.2, 0) is 28.5 Å². The molecule has 10 heteroatoms. The molecule has 4 rings (SSSR count). The molecule has 2 aromatic rings. The maximum atomic E-state index is 12.6. The Hall–Kier alpha value is -4.47. The Kier molecular flexibility index (Phi) is 7.14. The summed E-state index contributed by atoms with van der Waals surface area (Å²) in [7, 11) is 0. The highest BCUT2D eigenvalue weighted by molar-refractivity contribution is 6.26. The first-order valence-electron chi connectivity index (χ1n) is 11.2. The van der Waals surface area contributed by atoms with E-state index in [1.165, 1.54) is 0 Å².